The van der Waals surface area contributed by atoms with Gasteiger partial charge in [-0.1, -0.05) is 60.7 Å². The number of thiophene rings is 1. The van der Waals surface area contributed by atoms with Gasteiger partial charge in [-0.2, -0.15) is 0 Å². The quantitative estimate of drug-likeness (QED) is 0.383. The molecule has 0 unspecified atom stereocenters. The van der Waals surface area contributed by atoms with Crippen LogP contribution in [-0.4, -0.2) is 38.4 Å². The number of hydrogen-bond acceptors (Lipinski definition) is 5. The summed E-state index contributed by atoms with van der Waals surface area (Å²) in [6.45, 7) is 1.81. The van der Waals surface area contributed by atoms with Crippen LogP contribution in [0.15, 0.2) is 83.8 Å². The normalized spacial score (nSPS) is 14.5. The Bertz CT molecular complexity index is 993. The molecule has 0 radical (unpaired) electrons. The van der Waals surface area contributed by atoms with Crippen LogP contribution in [0.2, 0.25) is 0 Å². The maximum absolute atomic E-state index is 9.53. The van der Waals surface area contributed by atoms with Crippen LogP contribution in [0.4, 0.5) is 0 Å². The summed E-state index contributed by atoms with van der Waals surface area (Å²) in [6.07, 6.45) is 8.60. The van der Waals surface area contributed by atoms with Crippen molar-refractivity contribution in [2.24, 2.45) is 0 Å². The molecule has 0 saturated heterocycles. The summed E-state index contributed by atoms with van der Waals surface area (Å²) in [5.74, 6) is 0.961. The lowest BCUT2D eigenvalue weighted by molar-refractivity contribution is 0.198. The monoisotopic (exact) mass is 450 g/mol. The van der Waals surface area contributed by atoms with E-state index in [0.717, 1.165) is 43.7 Å². The Morgan fingerprint density at radius 1 is 0.969 bits per heavy atom. The predicted octanol–water partition coefficient (Wildman–Crippen LogP) is 5.47. The van der Waals surface area contributed by atoms with Gasteiger partial charge in [-0.05, 0) is 68.5 Å². The van der Waals surface area contributed by atoms with Gasteiger partial charge in [0.2, 0.25) is 0 Å². The fourth-order valence-corrected chi connectivity index (χ4v) is 4.43. The zero-order valence-corrected chi connectivity index (χ0v) is 19.8. The maximum Gasteiger partial charge on any atom is 0.134 e. The fourth-order valence-electron chi connectivity index (χ4n) is 3.64. The van der Waals surface area contributed by atoms with E-state index in [-0.39, 0.29) is 12.2 Å². The van der Waals surface area contributed by atoms with E-state index in [1.54, 1.807) is 11.3 Å². The Kier molecular flexibility index (Phi) is 9.98. The van der Waals surface area contributed by atoms with E-state index in [0.29, 0.717) is 0 Å². The molecule has 2 aromatic carbocycles. The number of aliphatic hydroxyl groups excluding tert-OH is 1. The predicted molar refractivity (Wildman–Crippen MR) is 137 cm³/mol. The lowest BCUT2D eigenvalue weighted by Gasteiger charge is -2.19. The van der Waals surface area contributed by atoms with Gasteiger partial charge in [0, 0.05) is 16.7 Å². The van der Waals surface area contributed by atoms with Crippen LogP contribution in [-0.2, 0) is 0 Å². The van der Waals surface area contributed by atoms with Gasteiger partial charge in [0.05, 0.1) is 6.10 Å². The topological polar surface area (TPSA) is 53.5 Å². The van der Waals surface area contributed by atoms with Crippen LogP contribution in [0.3, 0.4) is 0 Å². The first-order chi connectivity index (χ1) is 15.7. The minimum absolute atomic E-state index is 0.100. The second-order valence-corrected chi connectivity index (χ2v) is 8.75. The number of fused-ring (bicyclic) bond motifs is 1. The van der Waals surface area contributed by atoms with Crippen LogP contribution >= 0.6 is 11.3 Å². The van der Waals surface area contributed by atoms with E-state index in [4.69, 9.17) is 4.74 Å². The number of benzene rings is 2. The van der Waals surface area contributed by atoms with Gasteiger partial charge in [0.25, 0.3) is 0 Å². The van der Waals surface area contributed by atoms with E-state index < -0.39 is 0 Å². The first kappa shape index (κ1) is 24.2. The minimum Gasteiger partial charge on any atom is -0.484 e. The standard InChI is InChI=1S/C18H19NOS.C9H15NO/c1-19-12-11-17(18-10-5-13-21-18)20-16-9-4-7-14-6-2-3-8-15(14)16;1-10-7-6-9(11)8-4-2-3-5-8/h2-10,13,17,19H,11-12H2,1H3;2-4,9-11H,5-7H2,1H3/t17-;9-/m00/s1. The number of aliphatic hydroxyl groups is 1. The average Bonchev–Trinajstić information content (AvgIpc) is 3.55. The molecule has 1 aromatic heterocycles. The van der Waals surface area contributed by atoms with E-state index in [1.165, 1.54) is 15.6 Å². The van der Waals surface area contributed by atoms with Gasteiger partial charge in [0.15, 0.2) is 0 Å². The molecular formula is C27H34N2O2S. The van der Waals surface area contributed by atoms with E-state index in [1.807, 2.05) is 26.2 Å². The van der Waals surface area contributed by atoms with Crippen LogP contribution in [0.1, 0.15) is 30.2 Å². The summed E-state index contributed by atoms with van der Waals surface area (Å²) in [7, 11) is 3.87. The largest absolute Gasteiger partial charge is 0.484 e. The molecule has 32 heavy (non-hydrogen) atoms. The SMILES string of the molecule is CNCC[C@H](O)C1=CC=CC1.CNCC[C@H](Oc1cccc2ccccc12)c1cccs1. The van der Waals surface area contributed by atoms with Crippen LogP contribution in [0.25, 0.3) is 10.8 Å². The molecule has 170 valence electrons. The summed E-state index contributed by atoms with van der Waals surface area (Å²) in [5.41, 5.74) is 1.14. The first-order valence-electron chi connectivity index (χ1n) is 11.2. The van der Waals surface area contributed by atoms with Crippen molar-refractivity contribution in [1.82, 2.24) is 10.6 Å². The van der Waals surface area contributed by atoms with Crippen molar-refractivity contribution in [3.8, 4) is 5.75 Å². The molecule has 4 nitrogen and oxygen atoms in total. The average molecular weight is 451 g/mol. The van der Waals surface area contributed by atoms with Crippen molar-refractivity contribution in [2.75, 3.05) is 27.2 Å². The molecular weight excluding hydrogens is 416 g/mol. The van der Waals surface area contributed by atoms with Crippen molar-refractivity contribution in [1.29, 1.82) is 0 Å². The Balaban J connectivity index is 0.000000222. The molecule has 1 aliphatic rings. The second-order valence-electron chi connectivity index (χ2n) is 7.77. The number of rotatable bonds is 10. The second kappa shape index (κ2) is 13.2. The Labute approximate surface area is 195 Å². The lowest BCUT2D eigenvalue weighted by Crippen LogP contribution is -2.17. The third kappa shape index (κ3) is 7.04. The van der Waals surface area contributed by atoms with Gasteiger partial charge in [0.1, 0.15) is 11.9 Å². The highest BCUT2D eigenvalue weighted by atomic mass is 32.1. The molecule has 1 heterocycles. The van der Waals surface area contributed by atoms with Gasteiger partial charge >= 0.3 is 0 Å². The van der Waals surface area contributed by atoms with E-state index in [2.05, 4.69) is 76.7 Å². The zero-order valence-electron chi connectivity index (χ0n) is 19.0. The van der Waals surface area contributed by atoms with Gasteiger partial charge < -0.3 is 20.5 Å². The third-order valence-electron chi connectivity index (χ3n) is 5.43. The van der Waals surface area contributed by atoms with Crippen LogP contribution < -0.4 is 15.4 Å². The smallest absolute Gasteiger partial charge is 0.134 e. The molecule has 0 bridgehead atoms. The third-order valence-corrected chi connectivity index (χ3v) is 6.40. The van der Waals surface area contributed by atoms with Crippen molar-refractivity contribution < 1.29 is 9.84 Å². The zero-order chi connectivity index (χ0) is 22.6. The molecule has 0 amide bonds. The Morgan fingerprint density at radius 3 is 2.47 bits per heavy atom. The highest BCUT2D eigenvalue weighted by Crippen LogP contribution is 2.32. The molecule has 4 rings (SSSR count). The van der Waals surface area contributed by atoms with Crippen molar-refractivity contribution in [2.45, 2.75) is 31.5 Å². The van der Waals surface area contributed by atoms with Crippen molar-refractivity contribution >= 4 is 22.1 Å². The molecule has 3 aromatic rings. The van der Waals surface area contributed by atoms with Crippen molar-refractivity contribution in [3.63, 3.8) is 0 Å². The highest BCUT2D eigenvalue weighted by molar-refractivity contribution is 7.10. The molecule has 5 heteroatoms. The van der Waals surface area contributed by atoms with Crippen LogP contribution in [0.5, 0.6) is 5.75 Å². The first-order valence-corrected chi connectivity index (χ1v) is 12.1. The van der Waals surface area contributed by atoms with Gasteiger partial charge in [-0.25, -0.2) is 0 Å². The number of allylic oxidation sites excluding steroid dienone is 3. The number of ether oxygens (including phenoxy) is 1. The van der Waals surface area contributed by atoms with Gasteiger partial charge in [-0.3, -0.25) is 0 Å². The highest BCUT2D eigenvalue weighted by Gasteiger charge is 2.15. The molecule has 1 aliphatic carbocycles. The molecule has 2 atom stereocenters. The summed E-state index contributed by atoms with van der Waals surface area (Å²) in [6, 6.07) is 18.8. The molecule has 0 spiro atoms. The molecule has 0 aliphatic heterocycles. The molecule has 3 N–H and O–H groups in total. The summed E-state index contributed by atoms with van der Waals surface area (Å²) < 4.78 is 6.34. The minimum atomic E-state index is -0.252. The fraction of sp³-hybridized carbons (Fsp3) is 0.333. The summed E-state index contributed by atoms with van der Waals surface area (Å²) in [5, 5.41) is 20.2. The maximum atomic E-state index is 9.53. The van der Waals surface area contributed by atoms with E-state index >= 15 is 0 Å². The summed E-state index contributed by atoms with van der Waals surface area (Å²) in [4.78, 5) is 1.28. The Morgan fingerprint density at radius 2 is 1.75 bits per heavy atom. The van der Waals surface area contributed by atoms with Crippen molar-refractivity contribution in [3.05, 3.63) is 88.7 Å². The van der Waals surface area contributed by atoms with E-state index in [9.17, 15) is 5.11 Å². The van der Waals surface area contributed by atoms with Crippen LogP contribution in [0, 0.1) is 0 Å². The molecule has 0 saturated carbocycles. The summed E-state index contributed by atoms with van der Waals surface area (Å²) >= 11 is 1.75. The Hall–Kier alpha value is -2.44. The number of hydrogen-bond donors (Lipinski definition) is 3. The molecule has 0 fully saturated rings. The number of nitrogens with one attached hydrogen (secondary N) is 2. The van der Waals surface area contributed by atoms with Gasteiger partial charge in [-0.15, -0.1) is 11.3 Å². The lowest BCUT2D eigenvalue weighted by atomic mass is 10.1.